The summed E-state index contributed by atoms with van der Waals surface area (Å²) >= 11 is 12.1. The van der Waals surface area contributed by atoms with Gasteiger partial charge in [-0.05, 0) is 42.0 Å². The van der Waals surface area contributed by atoms with Crippen LogP contribution in [0.25, 0.3) is 22.0 Å². The van der Waals surface area contributed by atoms with Gasteiger partial charge in [-0.2, -0.15) is 0 Å². The standard InChI is InChI=1S/C17H12Cl2N2O3/c1-24-15-5-2-9(7-14(15)22)6-12(19)16-20-13-4-3-10(18)8-11(13)17(23)21-16/h2-8,22H,1H3,(H,20,21,23). The summed E-state index contributed by atoms with van der Waals surface area (Å²) in [5.41, 5.74) is 0.793. The smallest absolute Gasteiger partial charge is 0.259 e. The lowest BCUT2D eigenvalue weighted by atomic mass is 10.2. The fourth-order valence-electron chi connectivity index (χ4n) is 2.24. The fraction of sp³-hybridized carbons (Fsp3) is 0.0588. The van der Waals surface area contributed by atoms with Crippen LogP contribution in [0, 0.1) is 0 Å². The minimum Gasteiger partial charge on any atom is -0.504 e. The Morgan fingerprint density at radius 2 is 2.08 bits per heavy atom. The first-order valence-corrected chi connectivity index (χ1v) is 7.67. The number of aromatic amines is 1. The first-order chi connectivity index (χ1) is 11.5. The molecule has 0 saturated carbocycles. The monoisotopic (exact) mass is 362 g/mol. The molecule has 1 aromatic heterocycles. The zero-order valence-electron chi connectivity index (χ0n) is 12.5. The molecule has 0 aliphatic carbocycles. The predicted octanol–water partition coefficient (Wildman–Crippen LogP) is 4.03. The normalized spacial score (nSPS) is 11.7. The van der Waals surface area contributed by atoms with Crippen molar-refractivity contribution in [2.75, 3.05) is 7.11 Å². The molecule has 0 radical (unpaired) electrons. The molecule has 0 spiro atoms. The number of H-pyrrole nitrogens is 1. The Morgan fingerprint density at radius 1 is 1.29 bits per heavy atom. The number of fused-ring (bicyclic) bond motifs is 1. The van der Waals surface area contributed by atoms with Gasteiger partial charge in [0.05, 0.1) is 23.0 Å². The zero-order chi connectivity index (χ0) is 17.3. The minimum atomic E-state index is -0.332. The van der Waals surface area contributed by atoms with Gasteiger partial charge in [0, 0.05) is 5.02 Å². The van der Waals surface area contributed by atoms with Gasteiger partial charge < -0.3 is 14.8 Å². The number of hydrogen-bond donors (Lipinski definition) is 2. The van der Waals surface area contributed by atoms with Crippen LogP contribution in [-0.2, 0) is 0 Å². The first-order valence-electron chi connectivity index (χ1n) is 6.92. The van der Waals surface area contributed by atoms with Crippen LogP contribution in [0.5, 0.6) is 11.5 Å². The van der Waals surface area contributed by atoms with E-state index in [-0.39, 0.29) is 22.2 Å². The molecular weight excluding hydrogens is 351 g/mol. The molecule has 0 atom stereocenters. The van der Waals surface area contributed by atoms with Crippen LogP contribution >= 0.6 is 23.2 Å². The molecule has 0 fully saturated rings. The summed E-state index contributed by atoms with van der Waals surface area (Å²) in [5, 5.41) is 10.9. The molecular formula is C17H12Cl2N2O3. The highest BCUT2D eigenvalue weighted by Gasteiger charge is 2.08. The topological polar surface area (TPSA) is 75.2 Å². The number of methoxy groups -OCH3 is 1. The van der Waals surface area contributed by atoms with Crippen LogP contribution in [0.4, 0.5) is 0 Å². The third-order valence-electron chi connectivity index (χ3n) is 3.39. The Labute approximate surface area is 147 Å². The van der Waals surface area contributed by atoms with Gasteiger partial charge in [0.2, 0.25) is 0 Å². The quantitative estimate of drug-likeness (QED) is 0.737. The van der Waals surface area contributed by atoms with E-state index in [0.29, 0.717) is 27.2 Å². The molecule has 1 heterocycles. The molecule has 3 aromatic rings. The van der Waals surface area contributed by atoms with Gasteiger partial charge in [0.15, 0.2) is 17.3 Å². The number of nitrogens with one attached hydrogen (secondary N) is 1. The van der Waals surface area contributed by atoms with E-state index in [9.17, 15) is 9.90 Å². The maximum absolute atomic E-state index is 12.1. The molecule has 3 rings (SSSR count). The third kappa shape index (κ3) is 3.22. The van der Waals surface area contributed by atoms with Crippen molar-refractivity contribution in [2.24, 2.45) is 0 Å². The van der Waals surface area contributed by atoms with Gasteiger partial charge in [-0.25, -0.2) is 4.98 Å². The lowest BCUT2D eigenvalue weighted by Crippen LogP contribution is -2.10. The largest absolute Gasteiger partial charge is 0.504 e. The van der Waals surface area contributed by atoms with E-state index in [2.05, 4.69) is 9.97 Å². The Balaban J connectivity index is 2.04. The summed E-state index contributed by atoms with van der Waals surface area (Å²) < 4.78 is 4.99. The number of rotatable bonds is 3. The van der Waals surface area contributed by atoms with Crippen molar-refractivity contribution in [3.8, 4) is 11.5 Å². The predicted molar refractivity (Wildman–Crippen MR) is 95.8 cm³/mol. The highest BCUT2D eigenvalue weighted by Crippen LogP contribution is 2.28. The second kappa shape index (κ2) is 6.55. The summed E-state index contributed by atoms with van der Waals surface area (Å²) in [6, 6.07) is 9.69. The van der Waals surface area contributed by atoms with E-state index in [4.69, 9.17) is 27.9 Å². The summed E-state index contributed by atoms with van der Waals surface area (Å²) in [7, 11) is 1.47. The van der Waals surface area contributed by atoms with Crippen LogP contribution < -0.4 is 10.3 Å². The molecule has 0 bridgehead atoms. The molecule has 0 aliphatic rings. The van der Waals surface area contributed by atoms with Gasteiger partial charge in [0.25, 0.3) is 5.56 Å². The second-order valence-electron chi connectivity index (χ2n) is 5.00. The van der Waals surface area contributed by atoms with Gasteiger partial charge in [-0.1, -0.05) is 29.3 Å². The van der Waals surface area contributed by atoms with Crippen LogP contribution in [0.2, 0.25) is 5.02 Å². The Morgan fingerprint density at radius 3 is 2.79 bits per heavy atom. The van der Waals surface area contributed by atoms with Crippen molar-refractivity contribution in [1.29, 1.82) is 0 Å². The summed E-state index contributed by atoms with van der Waals surface area (Å²) in [4.78, 5) is 19.1. The van der Waals surface area contributed by atoms with Gasteiger partial charge in [0.1, 0.15) is 0 Å². The number of ether oxygens (including phenoxy) is 1. The van der Waals surface area contributed by atoms with Crippen LogP contribution in [0.1, 0.15) is 11.4 Å². The number of benzene rings is 2. The average molecular weight is 363 g/mol. The molecule has 5 nitrogen and oxygen atoms in total. The summed E-state index contributed by atoms with van der Waals surface area (Å²) in [5.74, 6) is 0.578. The van der Waals surface area contributed by atoms with E-state index < -0.39 is 0 Å². The molecule has 0 amide bonds. The van der Waals surface area contributed by atoms with Crippen molar-refractivity contribution in [3.63, 3.8) is 0 Å². The highest BCUT2D eigenvalue weighted by molar-refractivity contribution is 6.50. The molecule has 0 saturated heterocycles. The molecule has 122 valence electrons. The lowest BCUT2D eigenvalue weighted by Gasteiger charge is -2.05. The van der Waals surface area contributed by atoms with Crippen molar-refractivity contribution in [1.82, 2.24) is 9.97 Å². The third-order valence-corrected chi connectivity index (χ3v) is 3.91. The molecule has 0 unspecified atom stereocenters. The minimum absolute atomic E-state index is 0.00896. The number of aromatic hydroxyl groups is 1. The number of halogens is 2. The van der Waals surface area contributed by atoms with E-state index in [1.54, 1.807) is 36.4 Å². The molecule has 24 heavy (non-hydrogen) atoms. The van der Waals surface area contributed by atoms with E-state index in [1.807, 2.05) is 0 Å². The number of aromatic nitrogens is 2. The zero-order valence-corrected chi connectivity index (χ0v) is 14.0. The average Bonchev–Trinajstić information content (AvgIpc) is 2.55. The van der Waals surface area contributed by atoms with Crippen molar-refractivity contribution < 1.29 is 9.84 Å². The molecule has 2 aromatic carbocycles. The summed E-state index contributed by atoms with van der Waals surface area (Å²) in [6.07, 6.45) is 1.58. The van der Waals surface area contributed by atoms with Gasteiger partial charge in [-0.15, -0.1) is 0 Å². The van der Waals surface area contributed by atoms with Crippen LogP contribution in [0.3, 0.4) is 0 Å². The van der Waals surface area contributed by atoms with Crippen molar-refractivity contribution in [2.45, 2.75) is 0 Å². The van der Waals surface area contributed by atoms with E-state index >= 15 is 0 Å². The van der Waals surface area contributed by atoms with Crippen LogP contribution in [-0.4, -0.2) is 22.2 Å². The number of phenolic OH excluding ortho intramolecular Hbond substituents is 1. The van der Waals surface area contributed by atoms with E-state index in [1.165, 1.54) is 13.2 Å². The van der Waals surface area contributed by atoms with Crippen LogP contribution in [0.15, 0.2) is 41.2 Å². The number of phenols is 1. The SMILES string of the molecule is COc1ccc(C=C(Cl)c2nc3ccc(Cl)cc3c(=O)[nH]2)cc1O. The van der Waals surface area contributed by atoms with Crippen molar-refractivity contribution >= 4 is 45.2 Å². The van der Waals surface area contributed by atoms with Gasteiger partial charge in [-0.3, -0.25) is 4.79 Å². The number of hydrogen-bond acceptors (Lipinski definition) is 4. The van der Waals surface area contributed by atoms with Gasteiger partial charge >= 0.3 is 0 Å². The molecule has 7 heteroatoms. The molecule has 0 aliphatic heterocycles. The maximum atomic E-state index is 12.1. The first kappa shape index (κ1) is 16.4. The maximum Gasteiger partial charge on any atom is 0.259 e. The summed E-state index contributed by atoms with van der Waals surface area (Å²) in [6.45, 7) is 0. The lowest BCUT2D eigenvalue weighted by molar-refractivity contribution is 0.373. The molecule has 2 N–H and O–H groups in total. The number of nitrogens with zero attached hydrogens (tertiary/aromatic N) is 1. The Hall–Kier alpha value is -2.50. The van der Waals surface area contributed by atoms with Crippen molar-refractivity contribution in [3.05, 3.63) is 63.2 Å². The Bertz CT molecular complexity index is 1010. The second-order valence-corrected chi connectivity index (χ2v) is 5.84. The Kier molecular flexibility index (Phi) is 4.46. The van der Waals surface area contributed by atoms with E-state index in [0.717, 1.165) is 0 Å². The highest BCUT2D eigenvalue weighted by atomic mass is 35.5. The fourth-order valence-corrected chi connectivity index (χ4v) is 2.62.